The van der Waals surface area contributed by atoms with Gasteiger partial charge < -0.3 is 10.1 Å². The van der Waals surface area contributed by atoms with Crippen LogP contribution in [-0.2, 0) is 0 Å². The molecule has 5 nitrogen and oxygen atoms in total. The molecule has 0 radical (unpaired) electrons. The van der Waals surface area contributed by atoms with Gasteiger partial charge in [-0.05, 0) is 13.0 Å². The van der Waals surface area contributed by atoms with E-state index in [9.17, 15) is 14.5 Å². The SMILES string of the molecule is O=[N+]([O-])c1cc(F)cc(O[C@@H]2CCNC2)c1. The minimum absolute atomic E-state index is 0.0404. The molecule has 1 heterocycles. The fraction of sp³-hybridized carbons (Fsp3) is 0.400. The van der Waals surface area contributed by atoms with Gasteiger partial charge in [0.2, 0.25) is 0 Å². The third-order valence-corrected chi connectivity index (χ3v) is 2.38. The summed E-state index contributed by atoms with van der Waals surface area (Å²) in [6.07, 6.45) is 0.783. The molecule has 16 heavy (non-hydrogen) atoms. The zero-order valence-electron chi connectivity index (χ0n) is 8.48. The number of nitrogens with one attached hydrogen (secondary N) is 1. The van der Waals surface area contributed by atoms with Crippen LogP contribution in [0.4, 0.5) is 10.1 Å². The number of hydrogen-bond acceptors (Lipinski definition) is 4. The molecule has 1 aliphatic heterocycles. The normalized spacial score (nSPS) is 19.7. The van der Waals surface area contributed by atoms with E-state index < -0.39 is 10.7 Å². The Hall–Kier alpha value is -1.69. The molecule has 1 N–H and O–H groups in total. The molecule has 0 unspecified atom stereocenters. The first kappa shape index (κ1) is 10.8. The molecule has 0 saturated carbocycles. The van der Waals surface area contributed by atoms with Crippen molar-refractivity contribution in [2.45, 2.75) is 12.5 Å². The molecule has 1 aliphatic rings. The van der Waals surface area contributed by atoms with E-state index in [1.165, 1.54) is 6.07 Å². The summed E-state index contributed by atoms with van der Waals surface area (Å²) in [6.45, 7) is 1.53. The summed E-state index contributed by atoms with van der Waals surface area (Å²) in [5.41, 5.74) is -0.291. The van der Waals surface area contributed by atoms with Crippen LogP contribution < -0.4 is 10.1 Å². The first-order valence-electron chi connectivity index (χ1n) is 4.97. The lowest BCUT2D eigenvalue weighted by Crippen LogP contribution is -2.19. The van der Waals surface area contributed by atoms with E-state index in [4.69, 9.17) is 4.74 Å². The van der Waals surface area contributed by atoms with E-state index in [0.29, 0.717) is 6.54 Å². The highest BCUT2D eigenvalue weighted by molar-refractivity contribution is 5.39. The van der Waals surface area contributed by atoms with Gasteiger partial charge >= 0.3 is 0 Å². The molecule has 0 bridgehead atoms. The summed E-state index contributed by atoms with van der Waals surface area (Å²) in [5, 5.41) is 13.6. The first-order valence-corrected chi connectivity index (χ1v) is 4.97. The maximum absolute atomic E-state index is 13.1. The topological polar surface area (TPSA) is 64.4 Å². The Morgan fingerprint density at radius 1 is 1.50 bits per heavy atom. The fourth-order valence-corrected chi connectivity index (χ4v) is 1.64. The average molecular weight is 226 g/mol. The second kappa shape index (κ2) is 4.44. The van der Waals surface area contributed by atoms with Gasteiger partial charge in [-0.25, -0.2) is 4.39 Å². The van der Waals surface area contributed by atoms with Gasteiger partial charge in [0, 0.05) is 12.6 Å². The number of benzene rings is 1. The Bertz CT molecular complexity index is 405. The molecule has 1 fully saturated rings. The lowest BCUT2D eigenvalue weighted by Gasteiger charge is -2.11. The Kier molecular flexibility index (Phi) is 3.00. The third-order valence-electron chi connectivity index (χ3n) is 2.38. The number of hydrogen-bond donors (Lipinski definition) is 1. The van der Waals surface area contributed by atoms with Crippen LogP contribution in [-0.4, -0.2) is 24.1 Å². The largest absolute Gasteiger partial charge is 0.489 e. The predicted octanol–water partition coefficient (Wildman–Crippen LogP) is 1.47. The Morgan fingerprint density at radius 3 is 2.94 bits per heavy atom. The van der Waals surface area contributed by atoms with Crippen molar-refractivity contribution in [1.82, 2.24) is 5.32 Å². The summed E-state index contributed by atoms with van der Waals surface area (Å²) < 4.78 is 18.5. The van der Waals surface area contributed by atoms with E-state index in [0.717, 1.165) is 25.1 Å². The van der Waals surface area contributed by atoms with Crippen molar-refractivity contribution in [2.75, 3.05) is 13.1 Å². The van der Waals surface area contributed by atoms with Crippen molar-refractivity contribution < 1.29 is 14.1 Å². The second-order valence-corrected chi connectivity index (χ2v) is 3.63. The first-order chi connectivity index (χ1) is 7.65. The lowest BCUT2D eigenvalue weighted by atomic mass is 10.2. The highest BCUT2D eigenvalue weighted by Gasteiger charge is 2.18. The zero-order valence-corrected chi connectivity index (χ0v) is 8.48. The lowest BCUT2D eigenvalue weighted by molar-refractivity contribution is -0.385. The van der Waals surface area contributed by atoms with E-state index in [-0.39, 0.29) is 17.5 Å². The molecule has 86 valence electrons. The summed E-state index contributed by atoms with van der Waals surface area (Å²) in [5.74, 6) is -0.449. The van der Waals surface area contributed by atoms with Gasteiger partial charge in [0.25, 0.3) is 5.69 Å². The standard InChI is InChI=1S/C10H11FN2O3/c11-7-3-8(13(14)15)5-10(4-7)16-9-1-2-12-6-9/h3-5,9,12H,1-2,6H2/t9-/m1/s1. The Balaban J connectivity index is 2.16. The van der Waals surface area contributed by atoms with Crippen LogP contribution in [0.15, 0.2) is 18.2 Å². The van der Waals surface area contributed by atoms with E-state index >= 15 is 0 Å². The summed E-state index contributed by atoms with van der Waals surface area (Å²) in [6, 6.07) is 3.27. The summed E-state index contributed by atoms with van der Waals surface area (Å²) in [7, 11) is 0. The molecule has 0 aliphatic carbocycles. The van der Waals surface area contributed by atoms with Crippen LogP contribution in [0.3, 0.4) is 0 Å². The molecule has 1 atom stereocenters. The zero-order chi connectivity index (χ0) is 11.5. The van der Waals surface area contributed by atoms with Crippen molar-refractivity contribution in [3.05, 3.63) is 34.1 Å². The van der Waals surface area contributed by atoms with Gasteiger partial charge in [0.05, 0.1) is 17.1 Å². The Morgan fingerprint density at radius 2 is 2.31 bits per heavy atom. The van der Waals surface area contributed by atoms with Gasteiger partial charge in [-0.15, -0.1) is 0 Å². The van der Waals surface area contributed by atoms with Gasteiger partial charge in [0.1, 0.15) is 17.7 Å². The quantitative estimate of drug-likeness (QED) is 0.626. The monoisotopic (exact) mass is 226 g/mol. The molecular weight excluding hydrogens is 215 g/mol. The molecule has 2 rings (SSSR count). The minimum atomic E-state index is -0.657. The van der Waals surface area contributed by atoms with Crippen LogP contribution in [0.25, 0.3) is 0 Å². The number of nitro benzene ring substituents is 1. The smallest absolute Gasteiger partial charge is 0.276 e. The molecule has 0 aromatic heterocycles. The maximum atomic E-state index is 13.1. The van der Waals surface area contributed by atoms with Gasteiger partial charge in [-0.3, -0.25) is 10.1 Å². The van der Waals surface area contributed by atoms with Crippen molar-refractivity contribution in [3.63, 3.8) is 0 Å². The van der Waals surface area contributed by atoms with Crippen LogP contribution in [0.5, 0.6) is 5.75 Å². The third kappa shape index (κ3) is 2.46. The van der Waals surface area contributed by atoms with Crippen molar-refractivity contribution in [1.29, 1.82) is 0 Å². The predicted molar refractivity (Wildman–Crippen MR) is 55.0 cm³/mol. The van der Waals surface area contributed by atoms with Crippen LogP contribution in [0, 0.1) is 15.9 Å². The highest BCUT2D eigenvalue weighted by Crippen LogP contribution is 2.23. The van der Waals surface area contributed by atoms with Crippen molar-refractivity contribution >= 4 is 5.69 Å². The second-order valence-electron chi connectivity index (χ2n) is 3.63. The molecular formula is C10H11FN2O3. The maximum Gasteiger partial charge on any atom is 0.276 e. The fourth-order valence-electron chi connectivity index (χ4n) is 1.64. The number of nitro groups is 1. The number of nitrogens with zero attached hydrogens (tertiary/aromatic N) is 1. The number of rotatable bonds is 3. The molecule has 1 aromatic carbocycles. The van der Waals surface area contributed by atoms with Crippen LogP contribution in [0.2, 0.25) is 0 Å². The van der Waals surface area contributed by atoms with Gasteiger partial charge in [-0.2, -0.15) is 0 Å². The summed E-state index contributed by atoms with van der Waals surface area (Å²) >= 11 is 0. The van der Waals surface area contributed by atoms with E-state index in [1.54, 1.807) is 0 Å². The average Bonchev–Trinajstić information content (AvgIpc) is 2.69. The van der Waals surface area contributed by atoms with Crippen LogP contribution in [0.1, 0.15) is 6.42 Å². The van der Waals surface area contributed by atoms with Crippen molar-refractivity contribution in [3.8, 4) is 5.75 Å². The Labute approximate surface area is 91.4 Å². The summed E-state index contributed by atoms with van der Waals surface area (Å²) in [4.78, 5) is 9.88. The van der Waals surface area contributed by atoms with Crippen molar-refractivity contribution in [2.24, 2.45) is 0 Å². The highest BCUT2D eigenvalue weighted by atomic mass is 19.1. The molecule has 0 amide bonds. The molecule has 1 aromatic rings. The number of non-ortho nitro benzene ring substituents is 1. The molecule has 1 saturated heterocycles. The van der Waals surface area contributed by atoms with Gasteiger partial charge in [-0.1, -0.05) is 0 Å². The van der Waals surface area contributed by atoms with Crippen LogP contribution >= 0.6 is 0 Å². The number of halogens is 1. The van der Waals surface area contributed by atoms with E-state index in [1.807, 2.05) is 0 Å². The van der Waals surface area contributed by atoms with E-state index in [2.05, 4.69) is 5.32 Å². The number of ether oxygens (including phenoxy) is 1. The molecule has 0 spiro atoms. The van der Waals surface area contributed by atoms with Gasteiger partial charge in [0.15, 0.2) is 0 Å². The minimum Gasteiger partial charge on any atom is -0.489 e. The molecule has 6 heteroatoms.